The fourth-order valence-corrected chi connectivity index (χ4v) is 3.09. The van der Waals surface area contributed by atoms with Crippen molar-refractivity contribution in [3.05, 3.63) is 77.0 Å². The molecule has 26 heavy (non-hydrogen) atoms. The van der Waals surface area contributed by atoms with Gasteiger partial charge in [-0.05, 0) is 48.7 Å². The van der Waals surface area contributed by atoms with Gasteiger partial charge in [0.05, 0.1) is 0 Å². The molecule has 0 radical (unpaired) electrons. The third kappa shape index (κ3) is 4.59. The second kappa shape index (κ2) is 8.78. The summed E-state index contributed by atoms with van der Waals surface area (Å²) in [5.41, 5.74) is 7.76. The number of benzene rings is 2. The first-order chi connectivity index (χ1) is 12.7. The predicted octanol–water partition coefficient (Wildman–Crippen LogP) is 3.12. The van der Waals surface area contributed by atoms with Crippen LogP contribution in [0.1, 0.15) is 22.4 Å². The number of aryl methyl sites for hydroxylation is 1. The second-order valence-corrected chi connectivity index (χ2v) is 6.38. The van der Waals surface area contributed by atoms with E-state index in [1.54, 1.807) is 11.6 Å². The van der Waals surface area contributed by atoms with Crippen LogP contribution in [0, 0.1) is 6.92 Å². The lowest BCUT2D eigenvalue weighted by molar-refractivity contribution is 0.0323. The zero-order valence-electron chi connectivity index (χ0n) is 14.9. The Morgan fingerprint density at radius 2 is 1.88 bits per heavy atom. The smallest absolute Gasteiger partial charge is 0.146 e. The molecule has 0 spiro atoms. The minimum absolute atomic E-state index is 0.812. The van der Waals surface area contributed by atoms with E-state index >= 15 is 0 Å². The number of hydrogen-bond acceptors (Lipinski definition) is 4. The summed E-state index contributed by atoms with van der Waals surface area (Å²) >= 11 is 0. The average molecular weight is 351 g/mol. The van der Waals surface area contributed by atoms with E-state index in [9.17, 15) is 5.11 Å². The molecule has 0 aliphatic rings. The second-order valence-electron chi connectivity index (χ2n) is 6.38. The van der Waals surface area contributed by atoms with Crippen molar-refractivity contribution < 1.29 is 10.3 Å². The van der Waals surface area contributed by atoms with Gasteiger partial charge in [0.25, 0.3) is 0 Å². The Hall–Kier alpha value is -2.44. The molecule has 2 aromatic carbocycles. The van der Waals surface area contributed by atoms with Crippen molar-refractivity contribution >= 4 is 17.0 Å². The van der Waals surface area contributed by atoms with E-state index in [0.717, 1.165) is 25.1 Å². The van der Waals surface area contributed by atoms with Gasteiger partial charge >= 0.3 is 0 Å². The molecule has 0 fully saturated rings. The molecule has 0 saturated heterocycles. The highest BCUT2D eigenvalue weighted by atomic mass is 16.5. The summed E-state index contributed by atoms with van der Waals surface area (Å²) in [6.07, 6.45) is 3.18. The Morgan fingerprint density at radius 1 is 1.12 bits per heavy atom. The van der Waals surface area contributed by atoms with Crippen LogP contribution in [0.3, 0.4) is 0 Å². The van der Waals surface area contributed by atoms with Crippen LogP contribution in [-0.2, 0) is 13.0 Å². The van der Waals surface area contributed by atoms with E-state index in [0.29, 0.717) is 0 Å². The lowest BCUT2D eigenvalue weighted by atomic mass is 10.1. The number of aromatic amines is 1. The van der Waals surface area contributed by atoms with Crippen molar-refractivity contribution in [2.24, 2.45) is 0 Å². The Bertz CT molecular complexity index is 869. The molecule has 0 bridgehead atoms. The number of hydrogen-bond donors (Lipinski definition) is 5. The lowest BCUT2D eigenvalue weighted by Crippen LogP contribution is -2.21. The van der Waals surface area contributed by atoms with Crippen LogP contribution in [0.4, 0.5) is 0 Å². The van der Waals surface area contributed by atoms with E-state index in [4.69, 9.17) is 5.21 Å². The number of fused-ring (bicyclic) bond motifs is 1. The van der Waals surface area contributed by atoms with E-state index < -0.39 is 6.23 Å². The van der Waals surface area contributed by atoms with Gasteiger partial charge in [-0.1, -0.05) is 48.5 Å². The Labute approximate surface area is 153 Å². The standard InChI is InChI=1S/C21H25N3O2/c1-15-18(19-4-2-3-5-20(19)23-15)12-13-22-14-17-8-6-16(7-9-17)10-11-21(25)24-26/h2-11,21-26H,12-14H2,1H3/b11-10+. The number of nitrogens with one attached hydrogen (secondary N) is 3. The molecule has 5 heteroatoms. The molecular formula is C21H25N3O2. The fourth-order valence-electron chi connectivity index (χ4n) is 3.09. The van der Waals surface area contributed by atoms with Crippen molar-refractivity contribution in [3.63, 3.8) is 0 Å². The molecule has 0 aliphatic carbocycles. The highest BCUT2D eigenvalue weighted by Gasteiger charge is 2.07. The van der Waals surface area contributed by atoms with Crippen molar-refractivity contribution in [2.75, 3.05) is 6.54 Å². The Kier molecular flexibility index (Phi) is 6.20. The molecule has 1 unspecified atom stereocenters. The zero-order chi connectivity index (χ0) is 18.4. The number of hydroxylamine groups is 1. The summed E-state index contributed by atoms with van der Waals surface area (Å²) in [6.45, 7) is 3.86. The van der Waals surface area contributed by atoms with Crippen molar-refractivity contribution in [2.45, 2.75) is 26.1 Å². The molecule has 3 aromatic rings. The number of aliphatic hydroxyl groups is 1. The van der Waals surface area contributed by atoms with Gasteiger partial charge in [0.2, 0.25) is 0 Å². The Balaban J connectivity index is 1.50. The lowest BCUT2D eigenvalue weighted by Gasteiger charge is -2.06. The van der Waals surface area contributed by atoms with Gasteiger partial charge < -0.3 is 20.6 Å². The van der Waals surface area contributed by atoms with Gasteiger partial charge in [0.1, 0.15) is 6.23 Å². The SMILES string of the molecule is Cc1[nH]c2ccccc2c1CCNCc1ccc(/C=C/C(O)NO)cc1. The first kappa shape index (κ1) is 18.4. The highest BCUT2D eigenvalue weighted by Crippen LogP contribution is 2.21. The quantitative estimate of drug-likeness (QED) is 0.245. The largest absolute Gasteiger partial charge is 0.373 e. The molecule has 3 rings (SSSR count). The number of aliphatic hydroxyl groups excluding tert-OH is 1. The van der Waals surface area contributed by atoms with E-state index in [-0.39, 0.29) is 0 Å². The molecule has 0 aliphatic heterocycles. The topological polar surface area (TPSA) is 80.3 Å². The van der Waals surface area contributed by atoms with Crippen LogP contribution < -0.4 is 10.8 Å². The summed E-state index contributed by atoms with van der Waals surface area (Å²) in [4.78, 5) is 3.44. The molecule has 5 N–H and O–H groups in total. The zero-order valence-corrected chi connectivity index (χ0v) is 14.9. The van der Waals surface area contributed by atoms with E-state index in [1.165, 1.54) is 33.8 Å². The summed E-state index contributed by atoms with van der Waals surface area (Å²) in [7, 11) is 0. The van der Waals surface area contributed by atoms with Gasteiger partial charge in [-0.25, -0.2) is 0 Å². The first-order valence-electron chi connectivity index (χ1n) is 8.79. The first-order valence-corrected chi connectivity index (χ1v) is 8.79. The molecule has 1 heterocycles. The third-order valence-corrected chi connectivity index (χ3v) is 4.49. The predicted molar refractivity (Wildman–Crippen MR) is 105 cm³/mol. The molecule has 1 aromatic heterocycles. The van der Waals surface area contributed by atoms with Crippen LogP contribution in [0.25, 0.3) is 17.0 Å². The normalized spacial score (nSPS) is 12.9. The van der Waals surface area contributed by atoms with Crippen molar-refractivity contribution in [1.29, 1.82) is 0 Å². The number of aromatic nitrogens is 1. The number of rotatable bonds is 8. The van der Waals surface area contributed by atoms with Crippen LogP contribution in [-0.4, -0.2) is 28.1 Å². The van der Waals surface area contributed by atoms with Crippen LogP contribution in [0.5, 0.6) is 0 Å². The fraction of sp³-hybridized carbons (Fsp3) is 0.238. The van der Waals surface area contributed by atoms with Crippen LogP contribution in [0.2, 0.25) is 0 Å². The summed E-state index contributed by atoms with van der Waals surface area (Å²) in [5.74, 6) is 0. The molecule has 0 amide bonds. The molecule has 0 saturated carbocycles. The molecule has 1 atom stereocenters. The van der Waals surface area contributed by atoms with Gasteiger partial charge in [-0.2, -0.15) is 5.48 Å². The van der Waals surface area contributed by atoms with Gasteiger partial charge in [-0.15, -0.1) is 0 Å². The molecule has 5 nitrogen and oxygen atoms in total. The Morgan fingerprint density at radius 3 is 2.65 bits per heavy atom. The van der Waals surface area contributed by atoms with Crippen molar-refractivity contribution in [1.82, 2.24) is 15.8 Å². The minimum atomic E-state index is -1.05. The minimum Gasteiger partial charge on any atom is -0.373 e. The van der Waals surface area contributed by atoms with Crippen LogP contribution >= 0.6 is 0 Å². The number of H-pyrrole nitrogens is 1. The third-order valence-electron chi connectivity index (χ3n) is 4.49. The highest BCUT2D eigenvalue weighted by molar-refractivity contribution is 5.84. The van der Waals surface area contributed by atoms with E-state index in [1.807, 2.05) is 12.1 Å². The van der Waals surface area contributed by atoms with Gasteiger partial charge in [0, 0.05) is 23.1 Å². The monoisotopic (exact) mass is 351 g/mol. The average Bonchev–Trinajstić information content (AvgIpc) is 2.99. The molecule has 136 valence electrons. The maximum Gasteiger partial charge on any atom is 0.146 e. The van der Waals surface area contributed by atoms with Crippen molar-refractivity contribution in [3.8, 4) is 0 Å². The summed E-state index contributed by atoms with van der Waals surface area (Å²) in [5, 5.41) is 22.6. The molecular weight excluding hydrogens is 326 g/mol. The maximum absolute atomic E-state index is 9.22. The van der Waals surface area contributed by atoms with Gasteiger partial charge in [-0.3, -0.25) is 0 Å². The summed E-state index contributed by atoms with van der Waals surface area (Å²) in [6, 6.07) is 16.5. The number of para-hydroxylation sites is 1. The van der Waals surface area contributed by atoms with Crippen LogP contribution in [0.15, 0.2) is 54.6 Å². The summed E-state index contributed by atoms with van der Waals surface area (Å²) < 4.78 is 0. The maximum atomic E-state index is 9.22. The van der Waals surface area contributed by atoms with Gasteiger partial charge in [0.15, 0.2) is 0 Å². The van der Waals surface area contributed by atoms with E-state index in [2.05, 4.69) is 53.6 Å².